The van der Waals surface area contributed by atoms with Gasteiger partial charge in [0.25, 0.3) is 5.91 Å². The molecular formula is C17H22N2O4S. The van der Waals surface area contributed by atoms with Crippen molar-refractivity contribution in [2.75, 3.05) is 5.32 Å². The number of esters is 1. The molecule has 1 atom stereocenters. The van der Waals surface area contributed by atoms with E-state index in [-0.39, 0.29) is 17.9 Å². The minimum absolute atomic E-state index is 0.220. The van der Waals surface area contributed by atoms with Crippen LogP contribution in [0.5, 0.6) is 0 Å². The van der Waals surface area contributed by atoms with Gasteiger partial charge in [0.05, 0.1) is 5.56 Å². The Morgan fingerprint density at radius 3 is 2.58 bits per heavy atom. The summed E-state index contributed by atoms with van der Waals surface area (Å²) in [6.45, 7) is 2.99. The number of aryl methyl sites for hydroxylation is 1. The Kier molecular flexibility index (Phi) is 4.89. The highest BCUT2D eigenvalue weighted by atomic mass is 32.1. The average Bonchev–Trinajstić information content (AvgIpc) is 3.25. The van der Waals surface area contributed by atoms with E-state index in [2.05, 4.69) is 10.6 Å². The molecule has 0 bridgehead atoms. The van der Waals surface area contributed by atoms with Gasteiger partial charge in [-0.15, -0.1) is 11.3 Å². The van der Waals surface area contributed by atoms with Gasteiger partial charge in [-0.3, -0.25) is 9.59 Å². The molecule has 2 aliphatic rings. The molecule has 0 aromatic carbocycles. The second kappa shape index (κ2) is 6.93. The lowest BCUT2D eigenvalue weighted by Gasteiger charge is -2.16. The van der Waals surface area contributed by atoms with Gasteiger partial charge in [-0.1, -0.05) is 0 Å². The van der Waals surface area contributed by atoms with Crippen LogP contribution in [0.4, 0.5) is 5.00 Å². The van der Waals surface area contributed by atoms with Crippen molar-refractivity contribution in [3.05, 3.63) is 16.0 Å². The average molecular weight is 350 g/mol. The summed E-state index contributed by atoms with van der Waals surface area (Å²) < 4.78 is 5.38. The van der Waals surface area contributed by atoms with Crippen LogP contribution in [-0.4, -0.2) is 29.9 Å². The summed E-state index contributed by atoms with van der Waals surface area (Å²) in [5, 5.41) is 6.10. The number of rotatable bonds is 5. The highest BCUT2D eigenvalue weighted by molar-refractivity contribution is 7.17. The number of hydrogen-bond donors (Lipinski definition) is 2. The molecule has 130 valence electrons. The number of carbonyl (C=O) groups is 3. The molecule has 0 unspecified atom stereocenters. The summed E-state index contributed by atoms with van der Waals surface area (Å²) in [5.41, 5.74) is 1.39. The summed E-state index contributed by atoms with van der Waals surface area (Å²) in [7, 11) is 0. The van der Waals surface area contributed by atoms with Gasteiger partial charge in [0.15, 0.2) is 6.10 Å². The molecule has 0 radical (unpaired) electrons. The van der Waals surface area contributed by atoms with Crippen LogP contribution in [-0.2, 0) is 27.2 Å². The molecule has 7 heteroatoms. The Morgan fingerprint density at radius 1 is 1.21 bits per heavy atom. The first-order chi connectivity index (χ1) is 11.5. The van der Waals surface area contributed by atoms with Crippen molar-refractivity contribution < 1.29 is 19.1 Å². The molecule has 2 amide bonds. The second-order valence-electron chi connectivity index (χ2n) is 6.43. The predicted molar refractivity (Wildman–Crippen MR) is 91.3 cm³/mol. The van der Waals surface area contributed by atoms with Crippen LogP contribution in [0.15, 0.2) is 0 Å². The van der Waals surface area contributed by atoms with Gasteiger partial charge in [0, 0.05) is 17.8 Å². The molecule has 2 N–H and O–H groups in total. The van der Waals surface area contributed by atoms with Gasteiger partial charge in [-0.25, -0.2) is 4.79 Å². The van der Waals surface area contributed by atoms with E-state index in [1.807, 2.05) is 0 Å². The van der Waals surface area contributed by atoms with Crippen LogP contribution in [0.3, 0.4) is 0 Å². The third kappa shape index (κ3) is 3.77. The van der Waals surface area contributed by atoms with Crippen LogP contribution >= 0.6 is 11.3 Å². The van der Waals surface area contributed by atoms with Crippen molar-refractivity contribution in [1.29, 1.82) is 0 Å². The molecule has 0 aliphatic heterocycles. The maximum Gasteiger partial charge on any atom is 0.342 e. The van der Waals surface area contributed by atoms with Crippen molar-refractivity contribution in [2.24, 2.45) is 0 Å². The number of fused-ring (bicyclic) bond motifs is 1. The number of nitrogens with one attached hydrogen (secondary N) is 2. The number of amides is 2. The van der Waals surface area contributed by atoms with Crippen molar-refractivity contribution in [2.45, 2.75) is 64.5 Å². The van der Waals surface area contributed by atoms with Gasteiger partial charge in [-0.2, -0.15) is 0 Å². The molecular weight excluding hydrogens is 328 g/mol. The Hall–Kier alpha value is -1.89. The van der Waals surface area contributed by atoms with E-state index in [0.29, 0.717) is 10.6 Å². The van der Waals surface area contributed by atoms with E-state index in [9.17, 15) is 14.4 Å². The maximum atomic E-state index is 12.6. The Bertz CT molecular complexity index is 678. The van der Waals surface area contributed by atoms with Crippen molar-refractivity contribution in [3.63, 3.8) is 0 Å². The lowest BCUT2D eigenvalue weighted by atomic mass is 9.95. The van der Waals surface area contributed by atoms with Gasteiger partial charge < -0.3 is 15.4 Å². The van der Waals surface area contributed by atoms with Gasteiger partial charge in [0.2, 0.25) is 5.91 Å². The number of anilines is 1. The molecule has 24 heavy (non-hydrogen) atoms. The Labute approximate surface area is 145 Å². The quantitative estimate of drug-likeness (QED) is 0.799. The molecule has 1 aromatic rings. The smallest absolute Gasteiger partial charge is 0.342 e. The zero-order valence-corrected chi connectivity index (χ0v) is 14.8. The van der Waals surface area contributed by atoms with Crippen LogP contribution in [0.25, 0.3) is 0 Å². The van der Waals surface area contributed by atoms with E-state index in [1.54, 1.807) is 6.92 Å². The largest absolute Gasteiger partial charge is 0.449 e. The van der Waals surface area contributed by atoms with Gasteiger partial charge in [-0.05, 0) is 51.0 Å². The lowest BCUT2D eigenvalue weighted by molar-refractivity contribution is -0.129. The van der Waals surface area contributed by atoms with E-state index < -0.39 is 12.1 Å². The number of hydrogen-bond acceptors (Lipinski definition) is 5. The standard InChI is InChI=1S/C17H22N2O4S/c1-9(15(21)19-11-7-8-11)23-17(22)14-12-5-3-4-6-13(12)24-16(14)18-10(2)20/h9,11H,3-8H2,1-2H3,(H,18,20)(H,19,21)/t9-/m1/s1. The maximum absolute atomic E-state index is 12.6. The first-order valence-electron chi connectivity index (χ1n) is 8.39. The first kappa shape index (κ1) is 17.0. The monoisotopic (exact) mass is 350 g/mol. The summed E-state index contributed by atoms with van der Waals surface area (Å²) >= 11 is 1.44. The van der Waals surface area contributed by atoms with E-state index in [4.69, 9.17) is 4.74 Å². The molecule has 1 fully saturated rings. The zero-order valence-electron chi connectivity index (χ0n) is 13.9. The lowest BCUT2D eigenvalue weighted by Crippen LogP contribution is -2.37. The number of ether oxygens (including phenoxy) is 1. The third-order valence-electron chi connectivity index (χ3n) is 4.24. The minimum atomic E-state index is -0.845. The van der Waals surface area contributed by atoms with Crippen LogP contribution < -0.4 is 10.6 Å². The highest BCUT2D eigenvalue weighted by Crippen LogP contribution is 2.38. The van der Waals surface area contributed by atoms with Gasteiger partial charge in [0.1, 0.15) is 5.00 Å². The second-order valence-corrected chi connectivity index (χ2v) is 7.53. The first-order valence-corrected chi connectivity index (χ1v) is 9.21. The molecule has 3 rings (SSSR count). The van der Waals surface area contributed by atoms with Crippen LogP contribution in [0.1, 0.15) is 60.3 Å². The Balaban J connectivity index is 1.78. The summed E-state index contributed by atoms with van der Waals surface area (Å²) in [4.78, 5) is 37.2. The molecule has 1 aromatic heterocycles. The Morgan fingerprint density at radius 2 is 1.92 bits per heavy atom. The third-order valence-corrected chi connectivity index (χ3v) is 5.45. The van der Waals surface area contributed by atoms with E-state index >= 15 is 0 Å². The SMILES string of the molecule is CC(=O)Nc1sc2c(c1C(=O)O[C@H](C)C(=O)NC1CC1)CCCC2. The summed E-state index contributed by atoms with van der Waals surface area (Å²) in [5.74, 6) is -1.02. The number of thiophene rings is 1. The summed E-state index contributed by atoms with van der Waals surface area (Å²) in [6.07, 6.45) is 4.94. The molecule has 6 nitrogen and oxygen atoms in total. The molecule has 0 saturated heterocycles. The van der Waals surface area contributed by atoms with E-state index in [1.165, 1.54) is 18.3 Å². The fraction of sp³-hybridized carbons (Fsp3) is 0.588. The summed E-state index contributed by atoms with van der Waals surface area (Å²) in [6, 6.07) is 0.225. The number of carbonyl (C=O) groups excluding carboxylic acids is 3. The molecule has 2 aliphatic carbocycles. The van der Waals surface area contributed by atoms with Crippen molar-refractivity contribution in [3.8, 4) is 0 Å². The van der Waals surface area contributed by atoms with Crippen molar-refractivity contribution in [1.82, 2.24) is 5.32 Å². The van der Waals surface area contributed by atoms with Crippen molar-refractivity contribution >= 4 is 34.1 Å². The topological polar surface area (TPSA) is 84.5 Å². The van der Waals surface area contributed by atoms with E-state index in [0.717, 1.165) is 49.0 Å². The van der Waals surface area contributed by atoms with Crippen LogP contribution in [0, 0.1) is 0 Å². The fourth-order valence-corrected chi connectivity index (χ4v) is 4.17. The van der Waals surface area contributed by atoms with Gasteiger partial charge >= 0.3 is 5.97 Å². The normalized spacial score (nSPS) is 17.6. The molecule has 1 heterocycles. The van der Waals surface area contributed by atoms with Crippen LogP contribution in [0.2, 0.25) is 0 Å². The highest BCUT2D eigenvalue weighted by Gasteiger charge is 2.31. The fourth-order valence-electron chi connectivity index (χ4n) is 2.85. The molecule has 1 saturated carbocycles. The predicted octanol–water partition coefficient (Wildman–Crippen LogP) is 2.41. The minimum Gasteiger partial charge on any atom is -0.449 e. The molecule has 0 spiro atoms. The zero-order chi connectivity index (χ0) is 17.3.